The van der Waals surface area contributed by atoms with E-state index in [9.17, 15) is 0 Å². The topological polar surface area (TPSA) is 15.3 Å². The van der Waals surface area contributed by atoms with E-state index in [-0.39, 0.29) is 0 Å². The van der Waals surface area contributed by atoms with E-state index in [0.29, 0.717) is 6.04 Å². The van der Waals surface area contributed by atoms with Gasteiger partial charge in [-0.15, -0.1) is 0 Å². The highest BCUT2D eigenvalue weighted by Gasteiger charge is 2.23. The van der Waals surface area contributed by atoms with Crippen molar-refractivity contribution in [3.05, 3.63) is 0 Å². The predicted molar refractivity (Wildman–Crippen MR) is 81.0 cm³/mol. The van der Waals surface area contributed by atoms with Crippen molar-refractivity contribution in [1.29, 1.82) is 0 Å². The molecular weight excluding hydrogens is 220 g/mol. The second-order valence-electron chi connectivity index (χ2n) is 6.91. The molecule has 108 valence electrons. The minimum atomic E-state index is 0.638. The van der Waals surface area contributed by atoms with E-state index in [4.69, 9.17) is 0 Å². The van der Waals surface area contributed by atoms with Gasteiger partial charge in [-0.25, -0.2) is 0 Å². The molecule has 0 aliphatic heterocycles. The second-order valence-corrected chi connectivity index (χ2v) is 6.91. The second kappa shape index (κ2) is 8.16. The van der Waals surface area contributed by atoms with Gasteiger partial charge in [0.25, 0.3) is 0 Å². The molecule has 0 unspecified atom stereocenters. The molecule has 0 aromatic heterocycles. The molecular formula is C16H34N2. The van der Waals surface area contributed by atoms with Gasteiger partial charge >= 0.3 is 0 Å². The highest BCUT2D eigenvalue weighted by atomic mass is 15.1. The molecule has 0 amide bonds. The average molecular weight is 254 g/mol. The molecule has 1 fully saturated rings. The van der Waals surface area contributed by atoms with E-state index in [1.54, 1.807) is 0 Å². The quantitative estimate of drug-likeness (QED) is 0.748. The summed E-state index contributed by atoms with van der Waals surface area (Å²) in [4.78, 5) is 2.59. The zero-order valence-electron chi connectivity index (χ0n) is 13.2. The molecule has 0 atom stereocenters. The summed E-state index contributed by atoms with van der Waals surface area (Å²) in [6, 6.07) is 1.49. The molecule has 1 saturated carbocycles. The molecule has 0 saturated heterocycles. The predicted octanol–water partition coefficient (Wildman–Crippen LogP) is 3.52. The Hall–Kier alpha value is -0.0800. The Kier molecular flexibility index (Phi) is 7.25. The smallest absolute Gasteiger partial charge is 0.00925 e. The van der Waals surface area contributed by atoms with Crippen molar-refractivity contribution < 1.29 is 0 Å². The van der Waals surface area contributed by atoms with Crippen molar-refractivity contribution in [3.8, 4) is 0 Å². The molecule has 1 N–H and O–H groups in total. The van der Waals surface area contributed by atoms with Crippen LogP contribution in [0.5, 0.6) is 0 Å². The fourth-order valence-corrected chi connectivity index (χ4v) is 3.18. The molecule has 0 aromatic carbocycles. The van der Waals surface area contributed by atoms with Crippen LogP contribution in [0.4, 0.5) is 0 Å². The minimum Gasteiger partial charge on any atom is -0.315 e. The van der Waals surface area contributed by atoms with Crippen LogP contribution >= 0.6 is 0 Å². The maximum Gasteiger partial charge on any atom is 0.00925 e. The molecule has 0 radical (unpaired) electrons. The summed E-state index contributed by atoms with van der Waals surface area (Å²) >= 11 is 0. The molecule has 0 heterocycles. The van der Waals surface area contributed by atoms with E-state index < -0.39 is 0 Å². The first-order valence-corrected chi connectivity index (χ1v) is 7.92. The van der Waals surface area contributed by atoms with E-state index in [2.05, 4.69) is 45.0 Å². The summed E-state index contributed by atoms with van der Waals surface area (Å²) < 4.78 is 0. The summed E-state index contributed by atoms with van der Waals surface area (Å²) in [5, 5.41) is 3.54. The van der Waals surface area contributed by atoms with Gasteiger partial charge in [0.1, 0.15) is 0 Å². The van der Waals surface area contributed by atoms with Crippen molar-refractivity contribution in [3.63, 3.8) is 0 Å². The van der Waals surface area contributed by atoms with Crippen LogP contribution in [-0.4, -0.2) is 37.1 Å². The van der Waals surface area contributed by atoms with E-state index >= 15 is 0 Å². The maximum atomic E-state index is 3.54. The minimum absolute atomic E-state index is 0.638. The Morgan fingerprint density at radius 3 is 2.17 bits per heavy atom. The molecule has 2 heteroatoms. The van der Waals surface area contributed by atoms with Crippen molar-refractivity contribution in [1.82, 2.24) is 10.2 Å². The van der Waals surface area contributed by atoms with Crippen LogP contribution in [0.3, 0.4) is 0 Å². The third-order valence-electron chi connectivity index (χ3n) is 4.20. The fourth-order valence-electron chi connectivity index (χ4n) is 3.18. The zero-order valence-corrected chi connectivity index (χ0v) is 13.2. The van der Waals surface area contributed by atoms with Gasteiger partial charge in [0.2, 0.25) is 0 Å². The number of nitrogens with zero attached hydrogens (tertiary/aromatic N) is 1. The zero-order chi connectivity index (χ0) is 13.5. The van der Waals surface area contributed by atoms with Crippen LogP contribution in [0, 0.1) is 11.8 Å². The highest BCUT2D eigenvalue weighted by molar-refractivity contribution is 4.79. The Morgan fingerprint density at radius 2 is 1.67 bits per heavy atom. The van der Waals surface area contributed by atoms with Gasteiger partial charge in [-0.3, -0.25) is 0 Å². The maximum absolute atomic E-state index is 3.54. The molecule has 1 rings (SSSR count). The van der Waals surface area contributed by atoms with Crippen molar-refractivity contribution in [2.75, 3.05) is 20.1 Å². The Bertz CT molecular complexity index is 205. The molecule has 0 bridgehead atoms. The first kappa shape index (κ1) is 16.0. The lowest BCUT2D eigenvalue weighted by Gasteiger charge is -2.35. The van der Waals surface area contributed by atoms with Crippen LogP contribution < -0.4 is 5.32 Å². The van der Waals surface area contributed by atoms with Gasteiger partial charge in [0.05, 0.1) is 0 Å². The van der Waals surface area contributed by atoms with Crippen molar-refractivity contribution >= 4 is 0 Å². The van der Waals surface area contributed by atoms with Gasteiger partial charge < -0.3 is 10.2 Å². The normalized spacial score (nSPS) is 25.3. The van der Waals surface area contributed by atoms with E-state index in [0.717, 1.165) is 17.9 Å². The lowest BCUT2D eigenvalue weighted by atomic mass is 9.83. The van der Waals surface area contributed by atoms with Gasteiger partial charge in [-0.05, 0) is 57.5 Å². The summed E-state index contributed by atoms with van der Waals surface area (Å²) in [7, 11) is 2.31. The van der Waals surface area contributed by atoms with Gasteiger partial charge in [0, 0.05) is 18.6 Å². The summed E-state index contributed by atoms with van der Waals surface area (Å²) in [5.41, 5.74) is 0. The van der Waals surface area contributed by atoms with Crippen LogP contribution in [0.25, 0.3) is 0 Å². The third kappa shape index (κ3) is 6.19. The largest absolute Gasteiger partial charge is 0.315 e. The summed E-state index contributed by atoms with van der Waals surface area (Å²) in [6.45, 7) is 11.6. The first-order valence-electron chi connectivity index (χ1n) is 7.92. The summed E-state index contributed by atoms with van der Waals surface area (Å²) in [5.74, 6) is 1.77. The molecule has 1 aliphatic carbocycles. The Morgan fingerprint density at radius 1 is 1.06 bits per heavy atom. The number of hydrogen-bond acceptors (Lipinski definition) is 2. The van der Waals surface area contributed by atoms with Crippen molar-refractivity contribution in [2.45, 2.75) is 71.9 Å². The van der Waals surface area contributed by atoms with E-state index in [1.807, 2.05) is 0 Å². The monoisotopic (exact) mass is 254 g/mol. The lowest BCUT2D eigenvalue weighted by molar-refractivity contribution is 0.148. The molecule has 2 nitrogen and oxygen atoms in total. The number of nitrogens with one attached hydrogen (secondary N) is 1. The van der Waals surface area contributed by atoms with Crippen LogP contribution in [0.2, 0.25) is 0 Å². The number of rotatable bonds is 7. The molecule has 1 aliphatic rings. The summed E-state index contributed by atoms with van der Waals surface area (Å²) in [6.07, 6.45) is 7.07. The van der Waals surface area contributed by atoms with Gasteiger partial charge in [-0.1, -0.05) is 27.7 Å². The van der Waals surface area contributed by atoms with Crippen molar-refractivity contribution in [2.24, 2.45) is 11.8 Å². The molecule has 18 heavy (non-hydrogen) atoms. The average Bonchev–Trinajstić information content (AvgIpc) is 2.28. The Labute approximate surface area is 115 Å². The van der Waals surface area contributed by atoms with Crippen LogP contribution in [0.15, 0.2) is 0 Å². The Balaban J connectivity index is 2.16. The molecule has 0 aromatic rings. The van der Waals surface area contributed by atoms with E-state index in [1.165, 1.54) is 45.2 Å². The van der Waals surface area contributed by atoms with Gasteiger partial charge in [-0.2, -0.15) is 0 Å². The first-order chi connectivity index (χ1) is 8.49. The fraction of sp³-hybridized carbons (Fsp3) is 1.00. The molecule has 0 spiro atoms. The number of hydrogen-bond donors (Lipinski definition) is 1. The third-order valence-corrected chi connectivity index (χ3v) is 4.20. The standard InChI is InChI=1S/C16H34N2/c1-13(2)12-18(5)16-8-6-15(7-9-16)10-11-17-14(3)4/h13-17H,6-12H2,1-5H3/t15-,16+. The lowest BCUT2D eigenvalue weighted by Crippen LogP contribution is -2.37. The SMILES string of the molecule is CC(C)CN(C)[C@H]1CC[C@@H](CCNC(C)C)CC1. The van der Waals surface area contributed by atoms with Crippen LogP contribution in [0.1, 0.15) is 59.8 Å². The highest BCUT2D eigenvalue weighted by Crippen LogP contribution is 2.29. The van der Waals surface area contributed by atoms with Gasteiger partial charge in [0.15, 0.2) is 0 Å². The van der Waals surface area contributed by atoms with Crippen LogP contribution in [-0.2, 0) is 0 Å².